The molecule has 3 rings (SSSR count). The van der Waals surface area contributed by atoms with Crippen molar-refractivity contribution in [1.82, 2.24) is 15.2 Å². The number of para-hydroxylation sites is 1. The lowest BCUT2D eigenvalue weighted by Crippen LogP contribution is -2.41. The van der Waals surface area contributed by atoms with Crippen LogP contribution in [0, 0.1) is 5.92 Å². The molecule has 1 fully saturated rings. The summed E-state index contributed by atoms with van der Waals surface area (Å²) in [5.41, 5.74) is 1.04. The topological polar surface area (TPSA) is 68.2 Å². The summed E-state index contributed by atoms with van der Waals surface area (Å²) in [6.45, 7) is 7.05. The average Bonchev–Trinajstić information content (AvgIpc) is 3.29. The zero-order chi connectivity index (χ0) is 21.0. The molecule has 1 saturated heterocycles. The minimum atomic E-state index is 0. The molecular weight excluding hydrogens is 507 g/mol. The van der Waals surface area contributed by atoms with E-state index < -0.39 is 0 Å². The molecule has 1 aliphatic heterocycles. The summed E-state index contributed by atoms with van der Waals surface area (Å²) in [5.74, 6) is 2.90. The number of pyridine rings is 1. The number of nitrogens with one attached hydrogen (secondary N) is 1. The van der Waals surface area contributed by atoms with E-state index in [1.54, 1.807) is 0 Å². The normalized spacial score (nSPS) is 15.8. The molecule has 0 bridgehead atoms. The second-order valence-electron chi connectivity index (χ2n) is 7.29. The third kappa shape index (κ3) is 8.90. The molecule has 0 aliphatic carbocycles. The highest BCUT2D eigenvalue weighted by Gasteiger charge is 2.19. The maximum atomic E-state index is 5.66. The van der Waals surface area contributed by atoms with E-state index in [9.17, 15) is 0 Å². The first-order valence-corrected chi connectivity index (χ1v) is 10.6. The van der Waals surface area contributed by atoms with Crippen LogP contribution in [0.25, 0.3) is 0 Å². The van der Waals surface area contributed by atoms with Crippen LogP contribution in [0.15, 0.2) is 53.7 Å². The molecule has 7 nitrogen and oxygen atoms in total. The number of nitrogens with zero attached hydrogens (tertiary/aromatic N) is 3. The molecule has 2 heterocycles. The first-order valence-electron chi connectivity index (χ1n) is 10.6. The number of aliphatic imine (C=N–C) groups is 1. The number of rotatable bonds is 10. The van der Waals surface area contributed by atoms with Crippen LogP contribution in [0.5, 0.6) is 11.6 Å². The van der Waals surface area contributed by atoms with Crippen molar-refractivity contribution in [3.63, 3.8) is 0 Å². The quantitative estimate of drug-likeness (QED) is 0.215. The second kappa shape index (κ2) is 14.1. The van der Waals surface area contributed by atoms with Gasteiger partial charge < -0.3 is 24.4 Å². The van der Waals surface area contributed by atoms with E-state index in [-0.39, 0.29) is 24.0 Å². The van der Waals surface area contributed by atoms with Gasteiger partial charge in [-0.3, -0.25) is 0 Å². The van der Waals surface area contributed by atoms with Gasteiger partial charge in [-0.05, 0) is 31.0 Å². The van der Waals surface area contributed by atoms with Gasteiger partial charge in [-0.15, -0.1) is 24.0 Å². The number of halogens is 1. The Labute approximate surface area is 202 Å². The Kier molecular flexibility index (Phi) is 11.4. The fourth-order valence-electron chi connectivity index (χ4n) is 3.25. The van der Waals surface area contributed by atoms with Crippen LogP contribution in [0.2, 0.25) is 0 Å². The molecule has 8 heteroatoms. The van der Waals surface area contributed by atoms with Gasteiger partial charge in [0, 0.05) is 44.9 Å². The van der Waals surface area contributed by atoms with Crippen molar-refractivity contribution < 1.29 is 14.2 Å². The zero-order valence-corrected chi connectivity index (χ0v) is 20.7. The van der Waals surface area contributed by atoms with Crippen LogP contribution >= 0.6 is 24.0 Å². The van der Waals surface area contributed by atoms with Crippen LogP contribution in [0.3, 0.4) is 0 Å². The molecule has 0 saturated carbocycles. The smallest absolute Gasteiger partial charge is 0.213 e. The largest absolute Gasteiger partial charge is 0.490 e. The Morgan fingerprint density at radius 1 is 1.19 bits per heavy atom. The molecule has 31 heavy (non-hydrogen) atoms. The van der Waals surface area contributed by atoms with Crippen molar-refractivity contribution in [2.75, 3.05) is 46.6 Å². The van der Waals surface area contributed by atoms with Gasteiger partial charge in [0.1, 0.15) is 19.0 Å². The summed E-state index contributed by atoms with van der Waals surface area (Å²) in [7, 11) is 2.08. The van der Waals surface area contributed by atoms with Gasteiger partial charge in [0.2, 0.25) is 5.88 Å². The highest BCUT2D eigenvalue weighted by atomic mass is 127. The molecular formula is C23H33IN4O3. The molecule has 1 unspecified atom stereocenters. The molecule has 0 radical (unpaired) electrons. The van der Waals surface area contributed by atoms with Gasteiger partial charge in [0.05, 0.1) is 13.2 Å². The number of aromatic nitrogens is 1. The lowest BCUT2D eigenvalue weighted by atomic mass is 10.1. The molecule has 1 aromatic heterocycles. The molecule has 1 aliphatic rings. The second-order valence-corrected chi connectivity index (χ2v) is 7.29. The monoisotopic (exact) mass is 540 g/mol. The summed E-state index contributed by atoms with van der Waals surface area (Å²) in [6.07, 6.45) is 2.93. The Hall–Kier alpha value is -2.07. The highest BCUT2D eigenvalue weighted by molar-refractivity contribution is 14.0. The predicted octanol–water partition coefficient (Wildman–Crippen LogP) is 3.59. The number of hydrogen-bond donors (Lipinski definition) is 1. The summed E-state index contributed by atoms with van der Waals surface area (Å²) in [6, 6.07) is 13.6. The van der Waals surface area contributed by atoms with E-state index in [2.05, 4.69) is 29.2 Å². The summed E-state index contributed by atoms with van der Waals surface area (Å²) in [4.78, 5) is 11.3. The third-order valence-corrected chi connectivity index (χ3v) is 4.81. The maximum absolute atomic E-state index is 5.66. The van der Waals surface area contributed by atoms with Crippen molar-refractivity contribution in [3.05, 3.63) is 54.2 Å². The third-order valence-electron chi connectivity index (χ3n) is 4.81. The minimum Gasteiger partial charge on any atom is -0.490 e. The van der Waals surface area contributed by atoms with Crippen LogP contribution in [-0.4, -0.2) is 62.4 Å². The van der Waals surface area contributed by atoms with Crippen molar-refractivity contribution in [2.24, 2.45) is 10.9 Å². The van der Waals surface area contributed by atoms with Crippen LogP contribution in [-0.2, 0) is 11.3 Å². The minimum absolute atomic E-state index is 0. The van der Waals surface area contributed by atoms with Gasteiger partial charge in [-0.25, -0.2) is 9.98 Å². The summed E-state index contributed by atoms with van der Waals surface area (Å²) >= 11 is 0. The van der Waals surface area contributed by atoms with E-state index in [1.165, 1.54) is 0 Å². The van der Waals surface area contributed by atoms with E-state index in [1.807, 2.05) is 48.7 Å². The summed E-state index contributed by atoms with van der Waals surface area (Å²) in [5, 5.41) is 3.36. The van der Waals surface area contributed by atoms with Gasteiger partial charge >= 0.3 is 0 Å². The summed E-state index contributed by atoms with van der Waals surface area (Å²) < 4.78 is 16.8. The number of guanidine groups is 1. The van der Waals surface area contributed by atoms with Crippen molar-refractivity contribution in [2.45, 2.75) is 19.9 Å². The Balaban J connectivity index is 0.00000341. The number of ether oxygens (including phenoxy) is 3. The SMILES string of the molecule is CCNC(=NCc1ccc(OCCOc2ccccc2)nc1)N(C)CC1CCOC1.I. The molecule has 1 N–H and O–H groups in total. The molecule has 1 atom stereocenters. The average molecular weight is 540 g/mol. The molecule has 0 spiro atoms. The van der Waals surface area contributed by atoms with Crippen LogP contribution in [0.4, 0.5) is 0 Å². The van der Waals surface area contributed by atoms with Gasteiger partial charge in [-0.2, -0.15) is 0 Å². The van der Waals surface area contributed by atoms with Gasteiger partial charge in [0.15, 0.2) is 5.96 Å². The number of benzene rings is 1. The number of hydrogen-bond acceptors (Lipinski definition) is 5. The highest BCUT2D eigenvalue weighted by Crippen LogP contribution is 2.14. The van der Waals surface area contributed by atoms with Crippen molar-refractivity contribution in [3.8, 4) is 11.6 Å². The molecule has 1 aromatic carbocycles. The Morgan fingerprint density at radius 3 is 2.68 bits per heavy atom. The van der Waals surface area contributed by atoms with E-state index >= 15 is 0 Å². The predicted molar refractivity (Wildman–Crippen MR) is 133 cm³/mol. The van der Waals surface area contributed by atoms with E-state index in [0.717, 1.165) is 50.0 Å². The zero-order valence-electron chi connectivity index (χ0n) is 18.3. The molecule has 2 aromatic rings. The Morgan fingerprint density at radius 2 is 2.00 bits per heavy atom. The lowest BCUT2D eigenvalue weighted by Gasteiger charge is -2.24. The first-order chi connectivity index (χ1) is 14.7. The first kappa shape index (κ1) is 25.2. The van der Waals surface area contributed by atoms with Crippen LogP contribution < -0.4 is 14.8 Å². The van der Waals surface area contributed by atoms with Gasteiger partial charge in [0.25, 0.3) is 0 Å². The van der Waals surface area contributed by atoms with Crippen molar-refractivity contribution >= 4 is 29.9 Å². The van der Waals surface area contributed by atoms with E-state index in [0.29, 0.717) is 31.6 Å². The standard InChI is InChI=1S/C23H32N4O3.HI/c1-3-24-23(27(2)17-20-11-12-28-18-20)26-16-19-9-10-22(25-15-19)30-14-13-29-21-7-5-4-6-8-21;/h4-10,15,20H,3,11-14,16-18H2,1-2H3,(H,24,26);1H. The lowest BCUT2D eigenvalue weighted by molar-refractivity contribution is 0.181. The van der Waals surface area contributed by atoms with Crippen LogP contribution in [0.1, 0.15) is 18.9 Å². The maximum Gasteiger partial charge on any atom is 0.213 e. The Bertz CT molecular complexity index is 768. The fourth-order valence-corrected chi connectivity index (χ4v) is 3.25. The van der Waals surface area contributed by atoms with Crippen molar-refractivity contribution in [1.29, 1.82) is 0 Å². The van der Waals surface area contributed by atoms with Gasteiger partial charge in [-0.1, -0.05) is 24.3 Å². The molecule has 0 amide bonds. The van der Waals surface area contributed by atoms with E-state index in [4.69, 9.17) is 19.2 Å². The molecule has 170 valence electrons. The fraction of sp³-hybridized carbons (Fsp3) is 0.478.